The third-order valence-electron chi connectivity index (χ3n) is 4.99. The standard InChI is InChI=1S/C21H27N3O3S.ClH/c1-23-13-15-24(16-14-23)21(25)17-19-9-7-18(8-10-19)11-12-22-28(26,27)20-5-3-2-4-6-20;/h2-10,22H,11-17H2,1H3;1H. The number of nitrogens with zero attached hydrogens (tertiary/aromatic N) is 2. The van der Waals surface area contributed by atoms with E-state index in [0.29, 0.717) is 19.4 Å². The fourth-order valence-electron chi connectivity index (χ4n) is 3.18. The van der Waals surface area contributed by atoms with Crippen LogP contribution in [0.3, 0.4) is 0 Å². The molecule has 6 nitrogen and oxygen atoms in total. The third-order valence-corrected chi connectivity index (χ3v) is 6.47. The third kappa shape index (κ3) is 6.82. The summed E-state index contributed by atoms with van der Waals surface area (Å²) in [6.07, 6.45) is 1.00. The van der Waals surface area contributed by atoms with Gasteiger partial charge in [0.15, 0.2) is 0 Å². The SMILES string of the molecule is CN1CCN(C(=O)Cc2ccc(CCNS(=O)(=O)c3ccccc3)cc2)CC1.Cl. The maximum atomic E-state index is 12.4. The monoisotopic (exact) mass is 437 g/mol. The van der Waals surface area contributed by atoms with Gasteiger partial charge >= 0.3 is 0 Å². The minimum Gasteiger partial charge on any atom is -0.340 e. The molecule has 1 saturated heterocycles. The van der Waals surface area contributed by atoms with Crippen LogP contribution in [-0.4, -0.2) is 63.9 Å². The molecular weight excluding hydrogens is 410 g/mol. The van der Waals surface area contributed by atoms with Crippen LogP contribution in [0.4, 0.5) is 0 Å². The largest absolute Gasteiger partial charge is 0.340 e. The number of amides is 1. The van der Waals surface area contributed by atoms with Crippen LogP contribution in [-0.2, 0) is 27.7 Å². The first kappa shape index (κ1) is 23.3. The average molecular weight is 438 g/mol. The van der Waals surface area contributed by atoms with E-state index in [1.54, 1.807) is 30.3 Å². The van der Waals surface area contributed by atoms with E-state index in [0.717, 1.165) is 37.3 Å². The average Bonchev–Trinajstić information content (AvgIpc) is 2.70. The highest BCUT2D eigenvalue weighted by molar-refractivity contribution is 7.89. The van der Waals surface area contributed by atoms with Gasteiger partial charge in [-0.1, -0.05) is 42.5 Å². The lowest BCUT2D eigenvalue weighted by molar-refractivity contribution is -0.132. The second-order valence-electron chi connectivity index (χ2n) is 7.14. The van der Waals surface area contributed by atoms with Gasteiger partial charge in [0.2, 0.25) is 15.9 Å². The summed E-state index contributed by atoms with van der Waals surface area (Å²) >= 11 is 0. The number of nitrogens with one attached hydrogen (secondary N) is 1. The highest BCUT2D eigenvalue weighted by Gasteiger charge is 2.19. The Morgan fingerprint density at radius 2 is 1.52 bits per heavy atom. The van der Waals surface area contributed by atoms with Crippen molar-refractivity contribution in [2.45, 2.75) is 17.7 Å². The fraction of sp³-hybridized carbons (Fsp3) is 0.381. The van der Waals surface area contributed by atoms with Crippen LogP contribution < -0.4 is 4.72 Å². The van der Waals surface area contributed by atoms with Crippen molar-refractivity contribution in [3.63, 3.8) is 0 Å². The van der Waals surface area contributed by atoms with Crippen molar-refractivity contribution >= 4 is 28.3 Å². The molecule has 1 aliphatic rings. The molecule has 0 aliphatic carbocycles. The van der Waals surface area contributed by atoms with Crippen LogP contribution in [0, 0.1) is 0 Å². The highest BCUT2D eigenvalue weighted by atomic mass is 35.5. The number of sulfonamides is 1. The van der Waals surface area contributed by atoms with E-state index in [9.17, 15) is 13.2 Å². The van der Waals surface area contributed by atoms with Crippen LogP contribution in [0.2, 0.25) is 0 Å². The van der Waals surface area contributed by atoms with Crippen LogP contribution in [0.25, 0.3) is 0 Å². The molecule has 1 amide bonds. The van der Waals surface area contributed by atoms with Crippen molar-refractivity contribution in [2.75, 3.05) is 39.8 Å². The van der Waals surface area contributed by atoms with E-state index in [2.05, 4.69) is 16.7 Å². The van der Waals surface area contributed by atoms with Gasteiger partial charge in [-0.25, -0.2) is 13.1 Å². The Morgan fingerprint density at radius 3 is 2.14 bits per heavy atom. The highest BCUT2D eigenvalue weighted by Crippen LogP contribution is 2.10. The summed E-state index contributed by atoms with van der Waals surface area (Å²) in [6, 6.07) is 16.2. The first-order valence-electron chi connectivity index (χ1n) is 9.53. The van der Waals surface area contributed by atoms with E-state index in [4.69, 9.17) is 0 Å². The number of likely N-dealkylation sites (N-methyl/N-ethyl adjacent to an activating group) is 1. The summed E-state index contributed by atoms with van der Waals surface area (Å²) < 4.78 is 27.0. The van der Waals surface area contributed by atoms with Crippen LogP contribution >= 0.6 is 12.4 Å². The molecule has 29 heavy (non-hydrogen) atoms. The van der Waals surface area contributed by atoms with Gasteiger partial charge in [-0.2, -0.15) is 0 Å². The van der Waals surface area contributed by atoms with Crippen LogP contribution in [0.15, 0.2) is 59.5 Å². The minimum atomic E-state index is -3.47. The van der Waals surface area contributed by atoms with Crippen molar-refractivity contribution < 1.29 is 13.2 Å². The summed E-state index contributed by atoms with van der Waals surface area (Å²) in [7, 11) is -1.40. The molecule has 0 spiro atoms. The Balaban J connectivity index is 0.00000300. The molecule has 0 radical (unpaired) electrons. The molecule has 0 bridgehead atoms. The Kier molecular flexibility index (Phi) is 8.64. The first-order chi connectivity index (χ1) is 13.4. The normalized spacial score (nSPS) is 15.0. The first-order valence-corrected chi connectivity index (χ1v) is 11.0. The molecule has 2 aromatic rings. The van der Waals surface area contributed by atoms with Gasteiger partial charge in [-0.3, -0.25) is 4.79 Å². The molecule has 1 heterocycles. The van der Waals surface area contributed by atoms with Gasteiger partial charge in [0, 0.05) is 32.7 Å². The zero-order valence-corrected chi connectivity index (χ0v) is 18.2. The smallest absolute Gasteiger partial charge is 0.240 e. The second-order valence-corrected chi connectivity index (χ2v) is 8.91. The van der Waals surface area contributed by atoms with E-state index in [1.807, 2.05) is 29.2 Å². The van der Waals surface area contributed by atoms with Gasteiger partial charge in [0.25, 0.3) is 0 Å². The molecule has 2 aromatic carbocycles. The molecule has 158 valence electrons. The van der Waals surface area contributed by atoms with Gasteiger partial charge < -0.3 is 9.80 Å². The van der Waals surface area contributed by atoms with E-state index in [-0.39, 0.29) is 23.2 Å². The summed E-state index contributed by atoms with van der Waals surface area (Å²) in [5.41, 5.74) is 2.02. The quantitative estimate of drug-likeness (QED) is 0.718. The Hall–Kier alpha value is -1.93. The predicted molar refractivity (Wildman–Crippen MR) is 117 cm³/mol. The summed E-state index contributed by atoms with van der Waals surface area (Å²) in [6.45, 7) is 3.74. The molecule has 8 heteroatoms. The van der Waals surface area contributed by atoms with Crippen molar-refractivity contribution in [1.82, 2.24) is 14.5 Å². The zero-order valence-electron chi connectivity index (χ0n) is 16.6. The molecule has 0 aromatic heterocycles. The number of hydrogen-bond acceptors (Lipinski definition) is 4. The lowest BCUT2D eigenvalue weighted by Crippen LogP contribution is -2.47. The number of halogens is 1. The van der Waals surface area contributed by atoms with Crippen molar-refractivity contribution in [2.24, 2.45) is 0 Å². The van der Waals surface area contributed by atoms with Gasteiger partial charge in [-0.05, 0) is 36.7 Å². The molecule has 1 fully saturated rings. The van der Waals surface area contributed by atoms with Crippen molar-refractivity contribution in [1.29, 1.82) is 0 Å². The predicted octanol–water partition coefficient (Wildman–Crippen LogP) is 1.95. The van der Waals surface area contributed by atoms with Crippen molar-refractivity contribution in [3.8, 4) is 0 Å². The van der Waals surface area contributed by atoms with Crippen LogP contribution in [0.5, 0.6) is 0 Å². The van der Waals surface area contributed by atoms with E-state index in [1.165, 1.54) is 0 Å². The lowest BCUT2D eigenvalue weighted by atomic mass is 10.1. The number of carbonyl (C=O) groups is 1. The van der Waals surface area contributed by atoms with Gasteiger partial charge in [0.05, 0.1) is 11.3 Å². The van der Waals surface area contributed by atoms with Gasteiger partial charge in [-0.15, -0.1) is 12.4 Å². The zero-order chi connectivity index (χ0) is 20.0. The maximum Gasteiger partial charge on any atom is 0.240 e. The Labute approximate surface area is 179 Å². The number of hydrogen-bond donors (Lipinski definition) is 1. The Morgan fingerprint density at radius 1 is 0.931 bits per heavy atom. The molecule has 1 aliphatic heterocycles. The number of rotatable bonds is 7. The van der Waals surface area contributed by atoms with E-state index >= 15 is 0 Å². The van der Waals surface area contributed by atoms with Crippen LogP contribution in [0.1, 0.15) is 11.1 Å². The molecular formula is C21H28ClN3O3S. The Bertz CT molecular complexity index is 881. The van der Waals surface area contributed by atoms with E-state index < -0.39 is 10.0 Å². The summed E-state index contributed by atoms with van der Waals surface area (Å²) in [5, 5.41) is 0. The minimum absolute atomic E-state index is 0. The fourth-order valence-corrected chi connectivity index (χ4v) is 4.23. The molecule has 1 N–H and O–H groups in total. The summed E-state index contributed by atoms with van der Waals surface area (Å²) in [4.78, 5) is 16.8. The molecule has 0 atom stereocenters. The summed E-state index contributed by atoms with van der Waals surface area (Å²) in [5.74, 6) is 0.163. The van der Waals surface area contributed by atoms with Crippen molar-refractivity contribution in [3.05, 3.63) is 65.7 Å². The maximum absolute atomic E-state index is 12.4. The van der Waals surface area contributed by atoms with Gasteiger partial charge in [0.1, 0.15) is 0 Å². The lowest BCUT2D eigenvalue weighted by Gasteiger charge is -2.32. The molecule has 0 saturated carbocycles. The number of benzene rings is 2. The number of carbonyl (C=O) groups excluding carboxylic acids is 1. The molecule has 0 unspecified atom stereocenters. The second kappa shape index (κ2) is 10.7. The topological polar surface area (TPSA) is 69.7 Å². The number of piperazine rings is 1. The molecule has 3 rings (SSSR count).